The van der Waals surface area contributed by atoms with Crippen LogP contribution in [-0.2, 0) is 0 Å². The second-order valence-electron chi connectivity index (χ2n) is 4.56. The average Bonchev–Trinajstić information content (AvgIpc) is 2.48. The smallest absolute Gasteiger partial charge is 0.273 e. The molecule has 1 atom stereocenters. The number of anilines is 1. The summed E-state index contributed by atoms with van der Waals surface area (Å²) in [5.41, 5.74) is 1.84. The van der Waals surface area contributed by atoms with E-state index in [1.165, 1.54) is 19.2 Å². The minimum absolute atomic E-state index is 0.00805. The van der Waals surface area contributed by atoms with Crippen molar-refractivity contribution in [2.75, 3.05) is 12.4 Å². The Morgan fingerprint density at radius 3 is 2.48 bits per heavy atom. The fourth-order valence-corrected chi connectivity index (χ4v) is 2.25. The number of rotatable bonds is 5. The molecule has 0 spiro atoms. The fourth-order valence-electron chi connectivity index (χ4n) is 1.98. The number of hydrogen-bond donors (Lipinski definition) is 1. The Balaban J connectivity index is 2.22. The van der Waals surface area contributed by atoms with E-state index in [2.05, 4.69) is 21.2 Å². The topological polar surface area (TPSA) is 64.4 Å². The third-order valence-electron chi connectivity index (χ3n) is 3.14. The summed E-state index contributed by atoms with van der Waals surface area (Å²) < 4.78 is 6.24. The van der Waals surface area contributed by atoms with Gasteiger partial charge in [-0.1, -0.05) is 28.1 Å². The number of halogens is 1. The molecule has 1 N–H and O–H groups in total. The van der Waals surface area contributed by atoms with Crippen molar-refractivity contribution in [3.8, 4) is 5.75 Å². The van der Waals surface area contributed by atoms with Gasteiger partial charge in [0.2, 0.25) is 0 Å². The predicted octanol–water partition coefficient (Wildman–Crippen LogP) is 4.54. The summed E-state index contributed by atoms with van der Waals surface area (Å²) in [5.74, 6) is 0.452. The van der Waals surface area contributed by atoms with E-state index in [1.807, 2.05) is 31.2 Å². The fraction of sp³-hybridized carbons (Fsp3) is 0.200. The Morgan fingerprint density at radius 2 is 1.90 bits per heavy atom. The van der Waals surface area contributed by atoms with Gasteiger partial charge in [0.15, 0.2) is 0 Å². The first-order chi connectivity index (χ1) is 10.0. The van der Waals surface area contributed by atoms with Crippen molar-refractivity contribution in [1.82, 2.24) is 0 Å². The van der Waals surface area contributed by atoms with E-state index in [9.17, 15) is 10.1 Å². The quantitative estimate of drug-likeness (QED) is 0.635. The number of methoxy groups -OCH3 is 1. The lowest BCUT2D eigenvalue weighted by Gasteiger charge is -2.18. The maximum Gasteiger partial charge on any atom is 0.273 e. The molecule has 110 valence electrons. The number of nitro benzene ring substituents is 1. The number of non-ortho nitro benzene ring substituents is 1. The zero-order valence-corrected chi connectivity index (χ0v) is 13.3. The van der Waals surface area contributed by atoms with Gasteiger partial charge in [-0.15, -0.1) is 0 Å². The van der Waals surface area contributed by atoms with Gasteiger partial charge in [0.25, 0.3) is 5.69 Å². The second-order valence-corrected chi connectivity index (χ2v) is 5.47. The molecule has 1 unspecified atom stereocenters. The van der Waals surface area contributed by atoms with Crippen molar-refractivity contribution >= 4 is 27.3 Å². The van der Waals surface area contributed by atoms with Crippen LogP contribution >= 0.6 is 15.9 Å². The molecule has 0 radical (unpaired) electrons. The van der Waals surface area contributed by atoms with Crippen LogP contribution in [0.15, 0.2) is 46.9 Å². The minimum atomic E-state index is -0.440. The SMILES string of the molecule is COc1cc([N+](=O)[O-])ccc1NC(C)c1ccc(Br)cc1. The standard InChI is InChI=1S/C15H15BrN2O3/c1-10(11-3-5-12(16)6-4-11)17-14-8-7-13(18(19)20)9-15(14)21-2/h3-10,17H,1-2H3. The first kappa shape index (κ1) is 15.3. The monoisotopic (exact) mass is 350 g/mol. The minimum Gasteiger partial charge on any atom is -0.494 e. The van der Waals surface area contributed by atoms with Crippen molar-refractivity contribution in [1.29, 1.82) is 0 Å². The molecule has 0 saturated carbocycles. The van der Waals surface area contributed by atoms with Crippen LogP contribution in [0, 0.1) is 10.1 Å². The molecule has 0 saturated heterocycles. The van der Waals surface area contributed by atoms with Crippen LogP contribution in [0.1, 0.15) is 18.5 Å². The van der Waals surface area contributed by atoms with Gasteiger partial charge in [0.1, 0.15) is 5.75 Å². The molecule has 6 heteroatoms. The highest BCUT2D eigenvalue weighted by molar-refractivity contribution is 9.10. The molecule has 0 amide bonds. The highest BCUT2D eigenvalue weighted by atomic mass is 79.9. The van der Waals surface area contributed by atoms with E-state index >= 15 is 0 Å². The lowest BCUT2D eigenvalue weighted by molar-refractivity contribution is -0.384. The van der Waals surface area contributed by atoms with Gasteiger partial charge < -0.3 is 10.1 Å². The highest BCUT2D eigenvalue weighted by Crippen LogP contribution is 2.31. The molecule has 21 heavy (non-hydrogen) atoms. The van der Waals surface area contributed by atoms with Crippen LogP contribution in [0.2, 0.25) is 0 Å². The molecule has 0 aliphatic heterocycles. The van der Waals surface area contributed by atoms with Crippen LogP contribution < -0.4 is 10.1 Å². The molecule has 5 nitrogen and oxygen atoms in total. The van der Waals surface area contributed by atoms with E-state index in [4.69, 9.17) is 4.74 Å². The molecule has 0 aliphatic carbocycles. The summed E-state index contributed by atoms with van der Waals surface area (Å²) >= 11 is 3.40. The van der Waals surface area contributed by atoms with Gasteiger partial charge in [0.05, 0.1) is 23.8 Å². The zero-order chi connectivity index (χ0) is 15.4. The van der Waals surface area contributed by atoms with E-state index in [1.54, 1.807) is 6.07 Å². The molecule has 0 aliphatic rings. The first-order valence-electron chi connectivity index (χ1n) is 6.35. The van der Waals surface area contributed by atoms with Gasteiger partial charge in [-0.3, -0.25) is 10.1 Å². The second kappa shape index (κ2) is 6.58. The van der Waals surface area contributed by atoms with Gasteiger partial charge in [-0.25, -0.2) is 0 Å². The molecule has 0 bridgehead atoms. The van der Waals surface area contributed by atoms with Crippen molar-refractivity contribution in [2.45, 2.75) is 13.0 Å². The van der Waals surface area contributed by atoms with E-state index in [-0.39, 0.29) is 11.7 Å². The lowest BCUT2D eigenvalue weighted by Crippen LogP contribution is -2.07. The van der Waals surface area contributed by atoms with Crippen LogP contribution in [-0.4, -0.2) is 12.0 Å². The van der Waals surface area contributed by atoms with Crippen molar-refractivity contribution < 1.29 is 9.66 Å². The number of nitro groups is 1. The Labute approximate surface area is 131 Å². The summed E-state index contributed by atoms with van der Waals surface area (Å²) in [5, 5.41) is 14.1. The Morgan fingerprint density at radius 1 is 1.24 bits per heavy atom. The molecule has 2 aromatic rings. The largest absolute Gasteiger partial charge is 0.494 e. The average molecular weight is 351 g/mol. The van der Waals surface area contributed by atoms with Gasteiger partial charge >= 0.3 is 0 Å². The van der Waals surface area contributed by atoms with E-state index in [0.29, 0.717) is 5.75 Å². The number of hydrogen-bond acceptors (Lipinski definition) is 4. The molecular formula is C15H15BrN2O3. The van der Waals surface area contributed by atoms with Crippen LogP contribution in [0.5, 0.6) is 5.75 Å². The Hall–Kier alpha value is -2.08. The maximum atomic E-state index is 10.8. The third kappa shape index (κ3) is 3.72. The number of ether oxygens (including phenoxy) is 1. The van der Waals surface area contributed by atoms with Gasteiger partial charge in [-0.2, -0.15) is 0 Å². The summed E-state index contributed by atoms with van der Waals surface area (Å²) in [6.07, 6.45) is 0. The molecular weight excluding hydrogens is 336 g/mol. The summed E-state index contributed by atoms with van der Waals surface area (Å²) in [6, 6.07) is 12.6. The van der Waals surface area contributed by atoms with Crippen LogP contribution in [0.4, 0.5) is 11.4 Å². The molecule has 2 aromatic carbocycles. The molecule has 0 heterocycles. The van der Waals surface area contributed by atoms with Crippen molar-refractivity contribution in [3.05, 3.63) is 62.6 Å². The van der Waals surface area contributed by atoms with Gasteiger partial charge in [0, 0.05) is 16.6 Å². The molecule has 0 aromatic heterocycles. The lowest BCUT2D eigenvalue weighted by atomic mass is 10.1. The van der Waals surface area contributed by atoms with E-state index in [0.717, 1.165) is 15.7 Å². The van der Waals surface area contributed by atoms with Crippen molar-refractivity contribution in [3.63, 3.8) is 0 Å². The summed E-state index contributed by atoms with van der Waals surface area (Å²) in [4.78, 5) is 10.3. The number of nitrogens with zero attached hydrogens (tertiary/aromatic N) is 1. The number of benzene rings is 2. The third-order valence-corrected chi connectivity index (χ3v) is 3.67. The van der Waals surface area contributed by atoms with Crippen LogP contribution in [0.3, 0.4) is 0 Å². The van der Waals surface area contributed by atoms with Gasteiger partial charge in [-0.05, 0) is 30.7 Å². The maximum absolute atomic E-state index is 10.8. The predicted molar refractivity (Wildman–Crippen MR) is 85.8 cm³/mol. The van der Waals surface area contributed by atoms with E-state index < -0.39 is 4.92 Å². The Kier molecular flexibility index (Phi) is 4.80. The van der Waals surface area contributed by atoms with Crippen LogP contribution in [0.25, 0.3) is 0 Å². The molecule has 2 rings (SSSR count). The zero-order valence-electron chi connectivity index (χ0n) is 11.7. The highest BCUT2D eigenvalue weighted by Gasteiger charge is 2.13. The van der Waals surface area contributed by atoms with Crippen molar-refractivity contribution in [2.24, 2.45) is 0 Å². The first-order valence-corrected chi connectivity index (χ1v) is 7.15. The summed E-state index contributed by atoms with van der Waals surface area (Å²) in [6.45, 7) is 2.02. The summed E-state index contributed by atoms with van der Waals surface area (Å²) in [7, 11) is 1.49. The normalized spacial score (nSPS) is 11.8. The molecule has 0 fully saturated rings. The Bertz CT molecular complexity index is 644. The number of nitrogens with one attached hydrogen (secondary N) is 1.